The molecule has 0 saturated heterocycles. The first-order valence-corrected chi connectivity index (χ1v) is 4.30. The lowest BCUT2D eigenvalue weighted by Crippen LogP contribution is -2.16. The van der Waals surface area contributed by atoms with Crippen LogP contribution in [0.2, 0.25) is 5.02 Å². The summed E-state index contributed by atoms with van der Waals surface area (Å²) in [5, 5.41) is 9.57. The Bertz CT molecular complexity index is 253. The van der Waals surface area contributed by atoms with Crippen molar-refractivity contribution in [3.8, 4) is 5.75 Å². The first-order chi connectivity index (χ1) is 5.72. The Balaban J connectivity index is 2.63. The molecule has 0 amide bonds. The highest BCUT2D eigenvalue weighted by atomic mass is 35.5. The summed E-state index contributed by atoms with van der Waals surface area (Å²) in [6.45, 7) is 0. The Labute approximate surface area is 80.7 Å². The monoisotopic (exact) mass is 206 g/mol. The van der Waals surface area contributed by atoms with Crippen molar-refractivity contribution in [2.45, 2.75) is 6.29 Å². The highest BCUT2D eigenvalue weighted by Gasteiger charge is 2.02. The van der Waals surface area contributed by atoms with E-state index in [9.17, 15) is 0 Å². The van der Waals surface area contributed by atoms with Crippen LogP contribution >= 0.6 is 23.2 Å². The Hall–Kier alpha value is -0.440. The molecule has 1 unspecified atom stereocenters. The van der Waals surface area contributed by atoms with Crippen LogP contribution < -0.4 is 4.74 Å². The minimum atomic E-state index is -0.981. The summed E-state index contributed by atoms with van der Waals surface area (Å²) in [4.78, 5) is 0. The largest absolute Gasteiger partial charge is 0.464 e. The molecule has 0 fully saturated rings. The Morgan fingerprint density at radius 3 is 2.83 bits per heavy atom. The molecule has 1 aromatic rings. The molecule has 4 heteroatoms. The maximum absolute atomic E-state index is 9.00. The highest BCUT2D eigenvalue weighted by Crippen LogP contribution is 2.17. The van der Waals surface area contributed by atoms with Crippen molar-refractivity contribution in [2.24, 2.45) is 0 Å². The summed E-state index contributed by atoms with van der Waals surface area (Å²) in [5.74, 6) is 0.544. The van der Waals surface area contributed by atoms with Gasteiger partial charge in [-0.05, 0) is 18.2 Å². The predicted molar refractivity (Wildman–Crippen MR) is 48.8 cm³/mol. The molecule has 0 heterocycles. The zero-order valence-corrected chi connectivity index (χ0v) is 7.72. The number of alkyl halides is 1. The molecule has 0 aliphatic rings. The lowest BCUT2D eigenvalue weighted by Gasteiger charge is -2.09. The molecule has 1 N–H and O–H groups in total. The van der Waals surface area contributed by atoms with Crippen molar-refractivity contribution >= 4 is 23.2 Å². The van der Waals surface area contributed by atoms with E-state index in [0.717, 1.165) is 0 Å². The summed E-state index contributed by atoms with van der Waals surface area (Å²) >= 11 is 11.0. The molecule has 1 atom stereocenters. The fourth-order valence-electron chi connectivity index (χ4n) is 0.729. The van der Waals surface area contributed by atoms with Crippen molar-refractivity contribution < 1.29 is 9.84 Å². The van der Waals surface area contributed by atoms with Gasteiger partial charge in [0, 0.05) is 5.02 Å². The quantitative estimate of drug-likeness (QED) is 0.608. The van der Waals surface area contributed by atoms with E-state index in [1.54, 1.807) is 24.3 Å². The van der Waals surface area contributed by atoms with Crippen molar-refractivity contribution in [3.63, 3.8) is 0 Å². The van der Waals surface area contributed by atoms with E-state index in [2.05, 4.69) is 0 Å². The van der Waals surface area contributed by atoms with Crippen LogP contribution in [0.5, 0.6) is 5.75 Å². The smallest absolute Gasteiger partial charge is 0.211 e. The minimum absolute atomic E-state index is 0.0342. The van der Waals surface area contributed by atoms with Crippen LogP contribution in [0, 0.1) is 0 Å². The lowest BCUT2D eigenvalue weighted by atomic mass is 10.3. The van der Waals surface area contributed by atoms with E-state index in [4.69, 9.17) is 33.0 Å². The molecule has 1 aromatic carbocycles. The van der Waals surface area contributed by atoms with Gasteiger partial charge in [-0.15, -0.1) is 11.6 Å². The van der Waals surface area contributed by atoms with Gasteiger partial charge in [0.15, 0.2) is 0 Å². The number of aliphatic hydroxyl groups is 1. The third-order valence-electron chi connectivity index (χ3n) is 1.20. The summed E-state index contributed by atoms with van der Waals surface area (Å²) in [5.41, 5.74) is 0. The number of hydrogen-bond donors (Lipinski definition) is 1. The summed E-state index contributed by atoms with van der Waals surface area (Å²) < 4.78 is 4.98. The molecule has 0 radical (unpaired) electrons. The van der Waals surface area contributed by atoms with Gasteiger partial charge >= 0.3 is 0 Å². The zero-order valence-electron chi connectivity index (χ0n) is 6.21. The molecule has 0 bridgehead atoms. The molecule has 0 aromatic heterocycles. The average Bonchev–Trinajstić information content (AvgIpc) is 2.04. The van der Waals surface area contributed by atoms with Crippen LogP contribution in [0.3, 0.4) is 0 Å². The van der Waals surface area contributed by atoms with Crippen LogP contribution in [0.15, 0.2) is 24.3 Å². The van der Waals surface area contributed by atoms with Gasteiger partial charge in [-0.2, -0.15) is 0 Å². The first-order valence-electron chi connectivity index (χ1n) is 3.38. The molecule has 12 heavy (non-hydrogen) atoms. The SMILES string of the molecule is OC(CCl)Oc1cccc(Cl)c1. The van der Waals surface area contributed by atoms with Crippen molar-refractivity contribution in [1.82, 2.24) is 0 Å². The number of aliphatic hydroxyl groups excluding tert-OH is 1. The van der Waals surface area contributed by atoms with Gasteiger partial charge in [-0.25, -0.2) is 0 Å². The molecule has 0 spiro atoms. The first kappa shape index (κ1) is 9.65. The summed E-state index contributed by atoms with van der Waals surface area (Å²) in [7, 11) is 0. The number of benzene rings is 1. The molecule has 2 nitrogen and oxygen atoms in total. The number of ether oxygens (including phenoxy) is 1. The lowest BCUT2D eigenvalue weighted by molar-refractivity contribution is 0.00272. The second-order valence-electron chi connectivity index (χ2n) is 2.18. The normalized spacial score (nSPS) is 12.6. The van der Waals surface area contributed by atoms with Gasteiger partial charge in [-0.3, -0.25) is 0 Å². The minimum Gasteiger partial charge on any atom is -0.464 e. The fourth-order valence-corrected chi connectivity index (χ4v) is 0.972. The molecular weight excluding hydrogens is 199 g/mol. The van der Waals surface area contributed by atoms with Crippen molar-refractivity contribution in [3.05, 3.63) is 29.3 Å². The predicted octanol–water partition coefficient (Wildman–Crippen LogP) is 2.28. The second kappa shape index (κ2) is 4.55. The van der Waals surface area contributed by atoms with E-state index in [1.807, 2.05) is 0 Å². The number of hydrogen-bond acceptors (Lipinski definition) is 2. The maximum atomic E-state index is 9.00. The third-order valence-corrected chi connectivity index (χ3v) is 1.70. The van der Waals surface area contributed by atoms with Gasteiger partial charge in [-0.1, -0.05) is 17.7 Å². The topological polar surface area (TPSA) is 29.5 Å². The Kier molecular flexibility index (Phi) is 3.66. The molecule has 66 valence electrons. The fraction of sp³-hybridized carbons (Fsp3) is 0.250. The molecule has 0 aliphatic carbocycles. The van der Waals surface area contributed by atoms with Crippen LogP contribution in [-0.2, 0) is 0 Å². The molecule has 1 rings (SSSR count). The highest BCUT2D eigenvalue weighted by molar-refractivity contribution is 6.30. The van der Waals surface area contributed by atoms with E-state index in [-0.39, 0.29) is 5.88 Å². The van der Waals surface area contributed by atoms with Gasteiger partial charge in [0.1, 0.15) is 5.75 Å². The zero-order chi connectivity index (χ0) is 8.97. The van der Waals surface area contributed by atoms with Crippen LogP contribution in [0.4, 0.5) is 0 Å². The summed E-state index contributed by atoms with van der Waals surface area (Å²) in [6, 6.07) is 6.76. The Morgan fingerprint density at radius 2 is 2.25 bits per heavy atom. The van der Waals surface area contributed by atoms with E-state index >= 15 is 0 Å². The molecule has 0 aliphatic heterocycles. The van der Waals surface area contributed by atoms with Crippen LogP contribution in [0.1, 0.15) is 0 Å². The maximum Gasteiger partial charge on any atom is 0.211 e. The number of halogens is 2. The standard InChI is InChI=1S/C8H8Cl2O2/c9-5-8(11)12-7-3-1-2-6(10)4-7/h1-4,8,11H,5H2. The second-order valence-corrected chi connectivity index (χ2v) is 2.93. The molecule has 0 saturated carbocycles. The third kappa shape index (κ3) is 2.89. The van der Waals surface area contributed by atoms with Gasteiger partial charge in [0.25, 0.3) is 0 Å². The Morgan fingerprint density at radius 1 is 1.50 bits per heavy atom. The van der Waals surface area contributed by atoms with Crippen LogP contribution in [-0.4, -0.2) is 17.3 Å². The van der Waals surface area contributed by atoms with E-state index < -0.39 is 6.29 Å². The van der Waals surface area contributed by atoms with Crippen LogP contribution in [0.25, 0.3) is 0 Å². The van der Waals surface area contributed by atoms with Gasteiger partial charge in [0.2, 0.25) is 6.29 Å². The number of rotatable bonds is 3. The van der Waals surface area contributed by atoms with Crippen molar-refractivity contribution in [1.29, 1.82) is 0 Å². The van der Waals surface area contributed by atoms with E-state index in [1.165, 1.54) is 0 Å². The van der Waals surface area contributed by atoms with Crippen molar-refractivity contribution in [2.75, 3.05) is 5.88 Å². The summed E-state index contributed by atoms with van der Waals surface area (Å²) in [6.07, 6.45) is -0.981. The van der Waals surface area contributed by atoms with Gasteiger partial charge in [0.05, 0.1) is 5.88 Å². The molecular formula is C8H8Cl2O2. The van der Waals surface area contributed by atoms with Gasteiger partial charge < -0.3 is 9.84 Å². The van der Waals surface area contributed by atoms with E-state index in [0.29, 0.717) is 10.8 Å². The average molecular weight is 207 g/mol.